The van der Waals surface area contributed by atoms with Gasteiger partial charge in [-0.25, -0.2) is 0 Å². The van der Waals surface area contributed by atoms with E-state index >= 15 is 0 Å². The van der Waals surface area contributed by atoms with Crippen LogP contribution >= 0.6 is 0 Å². The van der Waals surface area contributed by atoms with Crippen molar-refractivity contribution >= 4 is 11.9 Å². The van der Waals surface area contributed by atoms with Crippen molar-refractivity contribution in [3.05, 3.63) is 0 Å². The van der Waals surface area contributed by atoms with Crippen LogP contribution < -0.4 is 0 Å². The zero-order valence-electron chi connectivity index (χ0n) is 11.6. The monoisotopic (exact) mass is 254 g/mol. The number of carbonyl (C=O) groups excluding carboxylic acids is 2. The average molecular weight is 254 g/mol. The summed E-state index contributed by atoms with van der Waals surface area (Å²) in [6.45, 7) is 7.60. The Labute approximate surface area is 108 Å². The molecule has 2 aliphatic rings. The molecular weight excluding hydrogens is 232 g/mol. The van der Waals surface area contributed by atoms with E-state index in [4.69, 9.17) is 9.47 Å². The molecule has 1 aliphatic heterocycles. The average Bonchev–Trinajstić information content (AvgIpc) is 2.57. The first-order valence-corrected chi connectivity index (χ1v) is 6.77. The molecule has 1 saturated heterocycles. The largest absolute Gasteiger partial charge is 0.455 e. The molecule has 0 aromatic carbocycles. The fourth-order valence-corrected chi connectivity index (χ4v) is 2.81. The van der Waals surface area contributed by atoms with Crippen molar-refractivity contribution in [2.75, 3.05) is 0 Å². The van der Waals surface area contributed by atoms with Crippen LogP contribution in [-0.2, 0) is 19.1 Å². The molecular formula is C14H22O4. The van der Waals surface area contributed by atoms with E-state index in [0.29, 0.717) is 12.8 Å². The Balaban J connectivity index is 2.16. The first kappa shape index (κ1) is 13.4. The molecule has 1 aliphatic carbocycles. The van der Waals surface area contributed by atoms with Gasteiger partial charge in [-0.3, -0.25) is 9.59 Å². The number of carbonyl (C=O) groups is 2. The van der Waals surface area contributed by atoms with Gasteiger partial charge in [-0.05, 0) is 33.1 Å². The maximum absolute atomic E-state index is 12.0. The number of hydrogen-bond acceptors (Lipinski definition) is 4. The van der Waals surface area contributed by atoms with Gasteiger partial charge in [0.2, 0.25) is 0 Å². The normalized spacial score (nSPS) is 40.2. The summed E-state index contributed by atoms with van der Waals surface area (Å²) >= 11 is 0. The fraction of sp³-hybridized carbons (Fsp3) is 0.857. The smallest absolute Gasteiger partial charge is 0.309 e. The van der Waals surface area contributed by atoms with E-state index in [0.717, 1.165) is 12.8 Å². The lowest BCUT2D eigenvalue weighted by Gasteiger charge is -2.44. The van der Waals surface area contributed by atoms with Gasteiger partial charge in [0, 0.05) is 6.42 Å². The highest BCUT2D eigenvalue weighted by atomic mass is 16.6. The first-order chi connectivity index (χ1) is 8.31. The topological polar surface area (TPSA) is 52.6 Å². The summed E-state index contributed by atoms with van der Waals surface area (Å²) in [5.74, 6) is -0.450. The summed E-state index contributed by atoms with van der Waals surface area (Å²) in [5, 5.41) is 0. The van der Waals surface area contributed by atoms with Crippen molar-refractivity contribution in [2.45, 2.75) is 64.6 Å². The second kappa shape index (κ2) is 4.25. The standard InChI is InChI=1S/C14H22O4/c1-5-9(2)11(15)17-13(3)7-6-10-8-14(13,4)18-12(10)16/h9-10H,5-8H2,1-4H3. The fourth-order valence-electron chi connectivity index (χ4n) is 2.81. The molecule has 4 atom stereocenters. The number of esters is 2. The lowest BCUT2D eigenvalue weighted by Crippen LogP contribution is -2.54. The highest BCUT2D eigenvalue weighted by Crippen LogP contribution is 2.50. The lowest BCUT2D eigenvalue weighted by atomic mass is 9.71. The highest BCUT2D eigenvalue weighted by molar-refractivity contribution is 5.77. The van der Waals surface area contributed by atoms with Crippen LogP contribution in [0.3, 0.4) is 0 Å². The predicted molar refractivity (Wildman–Crippen MR) is 65.8 cm³/mol. The molecule has 0 aromatic heterocycles. The van der Waals surface area contributed by atoms with Crippen molar-refractivity contribution in [1.82, 2.24) is 0 Å². The van der Waals surface area contributed by atoms with Crippen LogP contribution in [0.2, 0.25) is 0 Å². The maximum Gasteiger partial charge on any atom is 0.309 e. The molecule has 102 valence electrons. The Hall–Kier alpha value is -1.06. The molecule has 18 heavy (non-hydrogen) atoms. The second-order valence-electron chi connectivity index (χ2n) is 6.05. The van der Waals surface area contributed by atoms with Crippen molar-refractivity contribution < 1.29 is 19.1 Å². The third-order valence-corrected chi connectivity index (χ3v) is 4.72. The van der Waals surface area contributed by atoms with Crippen LogP contribution in [0.25, 0.3) is 0 Å². The molecule has 1 saturated carbocycles. The summed E-state index contributed by atoms with van der Waals surface area (Å²) in [7, 11) is 0. The highest BCUT2D eigenvalue weighted by Gasteiger charge is 2.60. The van der Waals surface area contributed by atoms with E-state index < -0.39 is 11.2 Å². The molecule has 4 nitrogen and oxygen atoms in total. The van der Waals surface area contributed by atoms with Gasteiger partial charge in [0.15, 0.2) is 0 Å². The van der Waals surface area contributed by atoms with E-state index in [2.05, 4.69) is 0 Å². The summed E-state index contributed by atoms with van der Waals surface area (Å²) in [6, 6.07) is 0. The predicted octanol–water partition coefficient (Wildman–Crippen LogP) is 2.45. The molecule has 4 unspecified atom stereocenters. The van der Waals surface area contributed by atoms with Crippen molar-refractivity contribution in [3.63, 3.8) is 0 Å². The Kier molecular flexibility index (Phi) is 3.16. The van der Waals surface area contributed by atoms with Gasteiger partial charge >= 0.3 is 11.9 Å². The molecule has 0 N–H and O–H groups in total. The van der Waals surface area contributed by atoms with E-state index in [1.807, 2.05) is 27.7 Å². The Morgan fingerprint density at radius 1 is 1.56 bits per heavy atom. The van der Waals surface area contributed by atoms with E-state index in [1.54, 1.807) is 0 Å². The van der Waals surface area contributed by atoms with Crippen LogP contribution in [0.5, 0.6) is 0 Å². The van der Waals surface area contributed by atoms with Gasteiger partial charge in [-0.2, -0.15) is 0 Å². The second-order valence-corrected chi connectivity index (χ2v) is 6.05. The van der Waals surface area contributed by atoms with Crippen LogP contribution in [0.1, 0.15) is 53.4 Å². The summed E-state index contributed by atoms with van der Waals surface area (Å²) in [5.41, 5.74) is -1.34. The number of hydrogen-bond donors (Lipinski definition) is 0. The minimum absolute atomic E-state index is 0.00891. The van der Waals surface area contributed by atoms with Crippen molar-refractivity contribution in [3.8, 4) is 0 Å². The zero-order valence-corrected chi connectivity index (χ0v) is 11.6. The number of ether oxygens (including phenoxy) is 2. The van der Waals surface area contributed by atoms with Gasteiger partial charge in [-0.1, -0.05) is 13.8 Å². The van der Waals surface area contributed by atoms with Crippen LogP contribution in [0.15, 0.2) is 0 Å². The minimum Gasteiger partial charge on any atom is -0.455 e. The molecule has 2 bridgehead atoms. The van der Waals surface area contributed by atoms with E-state index in [-0.39, 0.29) is 23.8 Å². The summed E-state index contributed by atoms with van der Waals surface area (Å²) < 4.78 is 11.2. The molecule has 2 rings (SSSR count). The minimum atomic E-state index is -0.684. The number of rotatable bonds is 3. The van der Waals surface area contributed by atoms with Crippen molar-refractivity contribution in [2.24, 2.45) is 11.8 Å². The summed E-state index contributed by atoms with van der Waals surface area (Å²) in [4.78, 5) is 23.6. The molecule has 1 heterocycles. The first-order valence-electron chi connectivity index (χ1n) is 6.77. The quantitative estimate of drug-likeness (QED) is 0.726. The van der Waals surface area contributed by atoms with Gasteiger partial charge in [0.1, 0.15) is 11.2 Å². The van der Waals surface area contributed by atoms with Crippen LogP contribution in [0.4, 0.5) is 0 Å². The van der Waals surface area contributed by atoms with Gasteiger partial charge in [-0.15, -0.1) is 0 Å². The Bertz CT molecular complexity index is 378. The zero-order chi connectivity index (χ0) is 13.6. The van der Waals surface area contributed by atoms with Crippen LogP contribution in [-0.4, -0.2) is 23.1 Å². The van der Waals surface area contributed by atoms with E-state index in [9.17, 15) is 9.59 Å². The van der Waals surface area contributed by atoms with Crippen molar-refractivity contribution in [1.29, 1.82) is 0 Å². The SMILES string of the molecule is CCC(C)C(=O)OC1(C)CCC2CC1(C)OC2=O. The Morgan fingerprint density at radius 3 is 2.83 bits per heavy atom. The Morgan fingerprint density at radius 2 is 2.22 bits per heavy atom. The van der Waals surface area contributed by atoms with Gasteiger partial charge < -0.3 is 9.47 Å². The summed E-state index contributed by atoms with van der Waals surface area (Å²) in [6.07, 6.45) is 2.87. The third kappa shape index (κ3) is 1.91. The van der Waals surface area contributed by atoms with E-state index in [1.165, 1.54) is 0 Å². The van der Waals surface area contributed by atoms with Crippen LogP contribution in [0, 0.1) is 11.8 Å². The maximum atomic E-state index is 12.0. The van der Waals surface area contributed by atoms with Gasteiger partial charge in [0.25, 0.3) is 0 Å². The molecule has 0 aromatic rings. The molecule has 2 fully saturated rings. The number of fused-ring (bicyclic) bond motifs is 2. The molecule has 0 radical (unpaired) electrons. The molecule has 4 heteroatoms. The molecule has 0 spiro atoms. The third-order valence-electron chi connectivity index (χ3n) is 4.72. The lowest BCUT2D eigenvalue weighted by molar-refractivity contribution is -0.200. The van der Waals surface area contributed by atoms with Gasteiger partial charge in [0.05, 0.1) is 11.8 Å². The molecule has 0 amide bonds.